The number of rotatable bonds is 6. The third-order valence-electron chi connectivity index (χ3n) is 5.21. The molecule has 0 saturated heterocycles. The topological polar surface area (TPSA) is 12.4 Å². The highest BCUT2D eigenvalue weighted by Crippen LogP contribution is 2.46. The van der Waals surface area contributed by atoms with Gasteiger partial charge in [0.05, 0.1) is 0 Å². The van der Waals surface area contributed by atoms with Crippen LogP contribution < -0.4 is 0 Å². The second-order valence-corrected chi connectivity index (χ2v) is 7.05. The van der Waals surface area contributed by atoms with Crippen LogP contribution in [-0.4, -0.2) is 12.8 Å². The maximum atomic E-state index is 4.67. The third kappa shape index (κ3) is 3.64. The summed E-state index contributed by atoms with van der Waals surface area (Å²) in [6, 6.07) is 28.2. The minimum absolute atomic E-state index is 0.248. The predicted molar refractivity (Wildman–Crippen MR) is 116 cm³/mol. The van der Waals surface area contributed by atoms with Crippen LogP contribution in [0.1, 0.15) is 53.5 Å². The average molecular weight is 351 g/mol. The standard InChI is InChI=1S/C26H25N/c1-2-3-17-27-19-22-14-8-10-16-24(22)26-23-15-9-7-13-21(23)18-25(26)20-11-5-4-6-12-20/h4-16,18-19,26H,2-3,17H2,1H3. The molecule has 4 rings (SSSR count). The molecule has 0 N–H and O–H groups in total. The van der Waals surface area contributed by atoms with Crippen molar-refractivity contribution in [3.63, 3.8) is 0 Å². The molecular weight excluding hydrogens is 326 g/mol. The van der Waals surface area contributed by atoms with Gasteiger partial charge in [0.15, 0.2) is 0 Å². The molecule has 3 aromatic carbocycles. The molecule has 134 valence electrons. The van der Waals surface area contributed by atoms with Crippen LogP contribution in [0, 0.1) is 0 Å². The molecule has 1 aliphatic carbocycles. The molecule has 1 atom stereocenters. The highest BCUT2D eigenvalue weighted by Gasteiger charge is 2.28. The van der Waals surface area contributed by atoms with Crippen LogP contribution in [0.25, 0.3) is 11.6 Å². The van der Waals surface area contributed by atoms with Crippen LogP contribution in [-0.2, 0) is 0 Å². The first-order chi connectivity index (χ1) is 13.4. The Kier molecular flexibility index (Phi) is 5.29. The number of allylic oxidation sites excluding steroid dienone is 1. The lowest BCUT2D eigenvalue weighted by molar-refractivity contribution is 0.810. The zero-order chi connectivity index (χ0) is 18.5. The quantitative estimate of drug-likeness (QED) is 0.351. The maximum Gasteiger partial charge on any atom is 0.0389 e. The van der Waals surface area contributed by atoms with Crippen LogP contribution in [0.15, 0.2) is 83.9 Å². The maximum absolute atomic E-state index is 4.67. The van der Waals surface area contributed by atoms with Crippen molar-refractivity contribution < 1.29 is 0 Å². The van der Waals surface area contributed by atoms with Gasteiger partial charge in [-0.05, 0) is 45.9 Å². The van der Waals surface area contributed by atoms with Gasteiger partial charge >= 0.3 is 0 Å². The van der Waals surface area contributed by atoms with E-state index in [0.717, 1.165) is 13.0 Å². The van der Waals surface area contributed by atoms with E-state index < -0.39 is 0 Å². The normalized spacial score (nSPS) is 15.7. The fourth-order valence-corrected chi connectivity index (χ4v) is 3.84. The smallest absolute Gasteiger partial charge is 0.0389 e. The Morgan fingerprint density at radius 1 is 0.815 bits per heavy atom. The van der Waals surface area contributed by atoms with Crippen LogP contribution in [0.4, 0.5) is 0 Å². The first kappa shape index (κ1) is 17.5. The molecule has 0 heterocycles. The van der Waals surface area contributed by atoms with Gasteiger partial charge in [-0.3, -0.25) is 4.99 Å². The molecule has 3 aromatic rings. The SMILES string of the molecule is CCCCN=Cc1ccccc1C1C(c2ccccc2)=Cc2ccccc21. The van der Waals surface area contributed by atoms with Gasteiger partial charge in [0.1, 0.15) is 0 Å². The molecule has 1 heteroatoms. The molecular formula is C26H25N. The third-order valence-corrected chi connectivity index (χ3v) is 5.21. The van der Waals surface area contributed by atoms with E-state index in [4.69, 9.17) is 0 Å². The van der Waals surface area contributed by atoms with Crippen LogP contribution in [0.5, 0.6) is 0 Å². The van der Waals surface area contributed by atoms with Gasteiger partial charge in [-0.2, -0.15) is 0 Å². The lowest BCUT2D eigenvalue weighted by Crippen LogP contribution is -2.05. The summed E-state index contributed by atoms with van der Waals surface area (Å²) < 4.78 is 0. The molecule has 0 spiro atoms. The van der Waals surface area contributed by atoms with Crippen molar-refractivity contribution in [1.82, 2.24) is 0 Å². The summed E-state index contributed by atoms with van der Waals surface area (Å²) in [5.74, 6) is 0.248. The Morgan fingerprint density at radius 2 is 1.52 bits per heavy atom. The van der Waals surface area contributed by atoms with Crippen molar-refractivity contribution in [1.29, 1.82) is 0 Å². The van der Waals surface area contributed by atoms with E-state index in [2.05, 4.69) is 103 Å². The Hall–Kier alpha value is -2.93. The molecule has 0 fully saturated rings. The summed E-state index contributed by atoms with van der Waals surface area (Å²) in [4.78, 5) is 4.67. The van der Waals surface area contributed by atoms with E-state index in [0.29, 0.717) is 0 Å². The van der Waals surface area contributed by atoms with Gasteiger partial charge in [0.25, 0.3) is 0 Å². The van der Waals surface area contributed by atoms with Gasteiger partial charge in [-0.15, -0.1) is 0 Å². The minimum atomic E-state index is 0.248. The van der Waals surface area contributed by atoms with Gasteiger partial charge in [0, 0.05) is 18.7 Å². The summed E-state index contributed by atoms with van der Waals surface area (Å²) in [6.07, 6.45) is 6.73. The molecule has 0 saturated carbocycles. The van der Waals surface area contributed by atoms with Crippen molar-refractivity contribution in [2.24, 2.45) is 4.99 Å². The first-order valence-electron chi connectivity index (χ1n) is 9.83. The number of aliphatic imine (C=N–C) groups is 1. The second-order valence-electron chi connectivity index (χ2n) is 7.05. The number of hydrogen-bond acceptors (Lipinski definition) is 1. The lowest BCUT2D eigenvalue weighted by Gasteiger charge is -2.20. The predicted octanol–water partition coefficient (Wildman–Crippen LogP) is 6.59. The molecule has 0 aliphatic heterocycles. The monoisotopic (exact) mass is 351 g/mol. The van der Waals surface area contributed by atoms with Crippen LogP contribution in [0.3, 0.4) is 0 Å². The number of benzene rings is 3. The summed E-state index contributed by atoms with van der Waals surface area (Å²) in [5, 5.41) is 0. The molecule has 0 aromatic heterocycles. The number of hydrogen-bond donors (Lipinski definition) is 0. The zero-order valence-corrected chi connectivity index (χ0v) is 15.8. The van der Waals surface area contributed by atoms with Crippen LogP contribution >= 0.6 is 0 Å². The average Bonchev–Trinajstić information content (AvgIpc) is 3.12. The second kappa shape index (κ2) is 8.18. The van der Waals surface area contributed by atoms with Gasteiger partial charge in [-0.1, -0.05) is 92.2 Å². The van der Waals surface area contributed by atoms with E-state index in [9.17, 15) is 0 Å². The van der Waals surface area contributed by atoms with E-state index >= 15 is 0 Å². The van der Waals surface area contributed by atoms with Crippen molar-refractivity contribution >= 4 is 17.9 Å². The Bertz CT molecular complexity index is 966. The molecule has 1 aliphatic rings. The van der Waals surface area contributed by atoms with Crippen LogP contribution in [0.2, 0.25) is 0 Å². The summed E-state index contributed by atoms with van der Waals surface area (Å²) in [6.45, 7) is 3.10. The summed E-state index contributed by atoms with van der Waals surface area (Å²) in [7, 11) is 0. The Morgan fingerprint density at radius 3 is 2.33 bits per heavy atom. The van der Waals surface area contributed by atoms with E-state index in [1.54, 1.807) is 0 Å². The van der Waals surface area contributed by atoms with E-state index in [1.165, 1.54) is 39.8 Å². The summed E-state index contributed by atoms with van der Waals surface area (Å²) in [5.41, 5.74) is 7.91. The van der Waals surface area contributed by atoms with E-state index in [-0.39, 0.29) is 5.92 Å². The zero-order valence-electron chi connectivity index (χ0n) is 15.8. The van der Waals surface area contributed by atoms with Crippen molar-refractivity contribution in [3.05, 3.63) is 107 Å². The van der Waals surface area contributed by atoms with E-state index in [1.807, 2.05) is 0 Å². The molecule has 0 bridgehead atoms. The Labute approximate surface area is 162 Å². The Balaban J connectivity index is 1.79. The number of unbranched alkanes of at least 4 members (excludes halogenated alkanes) is 1. The number of fused-ring (bicyclic) bond motifs is 1. The molecule has 0 amide bonds. The number of nitrogens with zero attached hydrogens (tertiary/aromatic N) is 1. The fourth-order valence-electron chi connectivity index (χ4n) is 3.84. The van der Waals surface area contributed by atoms with Crippen molar-refractivity contribution in [2.75, 3.05) is 6.54 Å². The fraction of sp³-hybridized carbons (Fsp3) is 0.192. The molecule has 1 nitrogen and oxygen atoms in total. The molecule has 0 radical (unpaired) electrons. The minimum Gasteiger partial charge on any atom is -0.293 e. The van der Waals surface area contributed by atoms with Gasteiger partial charge < -0.3 is 0 Å². The first-order valence-corrected chi connectivity index (χ1v) is 9.83. The van der Waals surface area contributed by atoms with Gasteiger partial charge in [0.2, 0.25) is 0 Å². The largest absolute Gasteiger partial charge is 0.293 e. The highest BCUT2D eigenvalue weighted by atomic mass is 14.7. The van der Waals surface area contributed by atoms with Crippen molar-refractivity contribution in [3.8, 4) is 0 Å². The van der Waals surface area contributed by atoms with Gasteiger partial charge in [-0.25, -0.2) is 0 Å². The van der Waals surface area contributed by atoms with Crippen molar-refractivity contribution in [2.45, 2.75) is 25.7 Å². The molecule has 27 heavy (non-hydrogen) atoms. The summed E-state index contributed by atoms with van der Waals surface area (Å²) >= 11 is 0. The lowest BCUT2D eigenvalue weighted by atomic mass is 9.83. The molecule has 1 unspecified atom stereocenters. The highest BCUT2D eigenvalue weighted by molar-refractivity contribution is 5.95.